The average molecular weight is 570 g/mol. The molecule has 3 N–H and O–H groups in total. The second-order valence-electron chi connectivity index (χ2n) is 14.3. The molecule has 1 aromatic rings. The number of nitrogens with two attached hydrogens (primary N) is 1. The first kappa shape index (κ1) is 30.3. The monoisotopic (exact) mass is 569 g/mol. The minimum Gasteiger partial charge on any atom is -0.444 e. The number of nitrogens with zero attached hydrogens (tertiary/aromatic N) is 1. The van der Waals surface area contributed by atoms with E-state index in [1.165, 1.54) is 6.42 Å². The lowest BCUT2D eigenvalue weighted by Crippen LogP contribution is -2.65. The van der Waals surface area contributed by atoms with Crippen molar-refractivity contribution in [2.45, 2.75) is 109 Å². The third-order valence-corrected chi connectivity index (χ3v) is 9.87. The van der Waals surface area contributed by atoms with Crippen molar-refractivity contribution in [2.24, 2.45) is 23.0 Å². The Hall–Kier alpha value is -2.14. The van der Waals surface area contributed by atoms with E-state index in [4.69, 9.17) is 24.5 Å². The molecule has 0 radical (unpaired) electrons. The van der Waals surface area contributed by atoms with Gasteiger partial charge in [-0.25, -0.2) is 4.79 Å². The van der Waals surface area contributed by atoms with Gasteiger partial charge in [-0.05, 0) is 82.6 Å². The highest BCUT2D eigenvalue weighted by atomic mass is 16.7. The molecule has 2 bridgehead atoms. The Balaban J connectivity index is 1.18. The van der Waals surface area contributed by atoms with E-state index in [2.05, 4.69) is 26.1 Å². The number of likely N-dealkylation sites (tertiary alicyclic amines) is 1. The molecule has 10 heteroatoms. The Morgan fingerprint density at radius 2 is 1.93 bits per heavy atom. The highest BCUT2D eigenvalue weighted by Crippen LogP contribution is 2.65. The zero-order chi connectivity index (χ0) is 29.6. The molecule has 3 aliphatic carbocycles. The molecule has 0 aromatic heterocycles. The number of amides is 2. The molecule has 3 saturated carbocycles. The van der Waals surface area contributed by atoms with Gasteiger partial charge in [0.2, 0.25) is 5.91 Å². The summed E-state index contributed by atoms with van der Waals surface area (Å²) in [4.78, 5) is 27.6. The van der Waals surface area contributed by atoms with Gasteiger partial charge in [-0.2, -0.15) is 0 Å². The van der Waals surface area contributed by atoms with E-state index in [9.17, 15) is 9.59 Å². The summed E-state index contributed by atoms with van der Waals surface area (Å²) in [6, 6.07) is 9.10. The summed E-state index contributed by atoms with van der Waals surface area (Å²) in [7, 11) is -0.557. The van der Waals surface area contributed by atoms with Gasteiger partial charge in [0.15, 0.2) is 0 Å². The first-order valence-electron chi connectivity index (χ1n) is 15.3. The number of nitrogens with one attached hydrogen (secondary N) is 1. The van der Waals surface area contributed by atoms with Crippen LogP contribution < -0.4 is 11.1 Å². The minimum absolute atomic E-state index is 0.0239. The van der Waals surface area contributed by atoms with Gasteiger partial charge in [-0.3, -0.25) is 4.79 Å². The Morgan fingerprint density at radius 1 is 1.20 bits per heavy atom. The van der Waals surface area contributed by atoms with E-state index in [0.29, 0.717) is 31.4 Å². The van der Waals surface area contributed by atoms with E-state index in [1.807, 2.05) is 51.1 Å². The molecule has 6 rings (SSSR count). The van der Waals surface area contributed by atoms with Crippen LogP contribution >= 0.6 is 0 Å². The highest BCUT2D eigenvalue weighted by molar-refractivity contribution is 6.48. The first-order chi connectivity index (χ1) is 19.3. The second kappa shape index (κ2) is 11.5. The summed E-state index contributed by atoms with van der Waals surface area (Å²) in [6.07, 6.45) is 4.13. The van der Waals surface area contributed by atoms with Gasteiger partial charge in [0.25, 0.3) is 0 Å². The summed E-state index contributed by atoms with van der Waals surface area (Å²) in [5, 5.41) is 3.14. The van der Waals surface area contributed by atoms with Crippen LogP contribution in [0.25, 0.3) is 0 Å². The molecule has 2 aliphatic heterocycles. The predicted octanol–water partition coefficient (Wildman–Crippen LogP) is 3.72. The second-order valence-corrected chi connectivity index (χ2v) is 14.3. The van der Waals surface area contributed by atoms with Crippen LogP contribution in [0.15, 0.2) is 30.3 Å². The van der Waals surface area contributed by atoms with Crippen molar-refractivity contribution in [3.63, 3.8) is 0 Å². The van der Waals surface area contributed by atoms with Crippen molar-refractivity contribution in [1.29, 1.82) is 0 Å². The number of ether oxygens (including phenoxy) is 2. The van der Waals surface area contributed by atoms with Crippen LogP contribution in [-0.2, 0) is 30.0 Å². The fourth-order valence-electron chi connectivity index (χ4n) is 7.42. The third kappa shape index (κ3) is 6.31. The SMILES string of the molecule is CC(C)(C)OC(=O)N1CCC[C@@H]1COC[C@H](N)C(=O)N[C@@H](Cc1ccccc1)B1O[C@@H]2C[C@H]3C[C@@H](C3(C)C)[C@]2(C)O1. The zero-order valence-corrected chi connectivity index (χ0v) is 25.6. The topological polar surface area (TPSA) is 112 Å². The van der Waals surface area contributed by atoms with Crippen molar-refractivity contribution >= 4 is 19.1 Å². The van der Waals surface area contributed by atoms with E-state index < -0.39 is 24.7 Å². The van der Waals surface area contributed by atoms with Gasteiger partial charge in [-0.15, -0.1) is 0 Å². The number of hydrogen-bond acceptors (Lipinski definition) is 7. The van der Waals surface area contributed by atoms with Crippen molar-refractivity contribution in [1.82, 2.24) is 10.2 Å². The maximum absolute atomic E-state index is 13.3. The molecule has 0 spiro atoms. The van der Waals surface area contributed by atoms with Gasteiger partial charge >= 0.3 is 13.2 Å². The highest BCUT2D eigenvalue weighted by Gasteiger charge is 2.68. The molecule has 2 heterocycles. The average Bonchev–Trinajstić information content (AvgIpc) is 3.51. The lowest BCUT2D eigenvalue weighted by molar-refractivity contribution is -0.199. The smallest absolute Gasteiger partial charge is 0.444 e. The molecule has 7 atom stereocenters. The summed E-state index contributed by atoms with van der Waals surface area (Å²) < 4.78 is 24.7. The van der Waals surface area contributed by atoms with Gasteiger partial charge in [0.05, 0.1) is 36.9 Å². The summed E-state index contributed by atoms with van der Waals surface area (Å²) >= 11 is 0. The fraction of sp³-hybridized carbons (Fsp3) is 0.742. The van der Waals surface area contributed by atoms with E-state index in [1.54, 1.807) is 4.90 Å². The Bertz CT molecular complexity index is 1100. The van der Waals surface area contributed by atoms with Crippen LogP contribution in [0.1, 0.15) is 72.8 Å². The third-order valence-electron chi connectivity index (χ3n) is 9.87. The first-order valence-corrected chi connectivity index (χ1v) is 15.3. The van der Waals surface area contributed by atoms with Crippen molar-refractivity contribution in [3.05, 3.63) is 35.9 Å². The van der Waals surface area contributed by atoms with Crippen LogP contribution in [0.2, 0.25) is 0 Å². The number of hydrogen-bond donors (Lipinski definition) is 2. The van der Waals surface area contributed by atoms with Crippen LogP contribution in [0.5, 0.6) is 0 Å². The van der Waals surface area contributed by atoms with Gasteiger partial charge in [0, 0.05) is 6.54 Å². The quantitative estimate of drug-likeness (QED) is 0.436. The summed E-state index contributed by atoms with van der Waals surface area (Å²) in [5.74, 6) is 0.379. The standard InChI is InChI=1S/C31H48BN3O6/c1-29(2,3)39-28(37)35-14-10-13-22(35)18-38-19-23(33)27(36)34-26(15-20-11-8-7-9-12-20)32-40-25-17-21-16-24(30(21,4)5)31(25,6)41-32/h7-9,11-12,21-26H,10,13-19,33H2,1-6H3,(H,34,36)/t21-,22-,23+,24+,25-,26+,31+/m1/s1. The lowest BCUT2D eigenvalue weighted by atomic mass is 9.43. The molecule has 2 amide bonds. The molecular formula is C31H48BN3O6. The number of rotatable bonds is 9. The van der Waals surface area contributed by atoms with Gasteiger partial charge < -0.3 is 34.7 Å². The molecule has 5 fully saturated rings. The Labute approximate surface area is 245 Å². The molecule has 226 valence electrons. The van der Waals surface area contributed by atoms with Crippen LogP contribution in [0.4, 0.5) is 4.79 Å². The van der Waals surface area contributed by atoms with Crippen LogP contribution in [0.3, 0.4) is 0 Å². The largest absolute Gasteiger partial charge is 0.482 e. The number of benzene rings is 1. The molecular weight excluding hydrogens is 521 g/mol. The zero-order valence-electron chi connectivity index (χ0n) is 25.6. The molecule has 41 heavy (non-hydrogen) atoms. The van der Waals surface area contributed by atoms with Gasteiger partial charge in [0.1, 0.15) is 11.6 Å². The maximum atomic E-state index is 13.3. The molecule has 0 unspecified atom stereocenters. The molecule has 5 aliphatic rings. The maximum Gasteiger partial charge on any atom is 0.482 e. The summed E-state index contributed by atoms with van der Waals surface area (Å²) in [6.45, 7) is 13.4. The van der Waals surface area contributed by atoms with Crippen molar-refractivity contribution < 1.29 is 28.4 Å². The predicted molar refractivity (Wildman–Crippen MR) is 157 cm³/mol. The normalized spacial score (nSPS) is 31.7. The Kier molecular flexibility index (Phi) is 8.51. The molecule has 9 nitrogen and oxygen atoms in total. The van der Waals surface area contributed by atoms with Gasteiger partial charge in [-0.1, -0.05) is 44.2 Å². The van der Waals surface area contributed by atoms with E-state index in [-0.39, 0.29) is 41.8 Å². The van der Waals surface area contributed by atoms with Crippen molar-refractivity contribution in [3.8, 4) is 0 Å². The van der Waals surface area contributed by atoms with Crippen LogP contribution in [0, 0.1) is 17.3 Å². The Morgan fingerprint density at radius 3 is 2.61 bits per heavy atom. The van der Waals surface area contributed by atoms with Crippen LogP contribution in [-0.4, -0.2) is 79.1 Å². The minimum atomic E-state index is -0.865. The summed E-state index contributed by atoms with van der Waals surface area (Å²) in [5.41, 5.74) is 6.70. The molecule has 1 aromatic carbocycles. The number of carbonyl (C=O) groups excluding carboxylic acids is 2. The fourth-order valence-corrected chi connectivity index (χ4v) is 7.42. The van der Waals surface area contributed by atoms with Crippen molar-refractivity contribution in [2.75, 3.05) is 19.8 Å². The lowest BCUT2D eigenvalue weighted by Gasteiger charge is -2.64. The van der Waals surface area contributed by atoms with E-state index >= 15 is 0 Å². The number of carbonyl (C=O) groups is 2. The molecule has 2 saturated heterocycles. The van der Waals surface area contributed by atoms with E-state index in [0.717, 1.165) is 24.8 Å².